The minimum Gasteiger partial charge on any atom is 0 e. The molecule has 0 unspecified atom stereocenters. The van der Waals surface area contributed by atoms with Gasteiger partial charge >= 0.3 is 0 Å². The summed E-state index contributed by atoms with van der Waals surface area (Å²) in [5, 5.41) is 0. The first-order chi connectivity index (χ1) is 0. The summed E-state index contributed by atoms with van der Waals surface area (Å²) in [4.78, 5) is 0. The molecule has 0 saturated heterocycles. The zero-order chi connectivity index (χ0) is 0. The average Bonchev–Trinajstić information content (AvgIpc) is 0. The molecular weight excluding hydrogens is 251 g/mol. The molecule has 0 aromatic heterocycles. The van der Waals surface area contributed by atoms with Gasteiger partial charge in [0.15, 0.2) is 0 Å². The van der Waals surface area contributed by atoms with Gasteiger partial charge in [0.05, 0.1) is 0 Å². The first kappa shape index (κ1) is 35.2. The van der Waals surface area contributed by atoms with E-state index in [4.69, 9.17) is 0 Å². The molecule has 0 bridgehead atoms. The SMILES string of the molecule is [Cu].[Cu].[Ni].[Zn]. The minimum atomic E-state index is 0. The quantitative estimate of drug-likeness (QED) is 0.531. The normalized spacial score (nSPS) is 0. The van der Waals surface area contributed by atoms with E-state index in [9.17, 15) is 0 Å². The van der Waals surface area contributed by atoms with Crippen molar-refractivity contribution in [2.45, 2.75) is 0 Å². The van der Waals surface area contributed by atoms with Crippen LogP contribution in [0.15, 0.2) is 0 Å². The summed E-state index contributed by atoms with van der Waals surface area (Å²) in [5.74, 6) is 0. The molecule has 0 nitrogen and oxygen atoms in total. The van der Waals surface area contributed by atoms with E-state index >= 15 is 0 Å². The molecule has 0 N–H and O–H groups in total. The van der Waals surface area contributed by atoms with Gasteiger partial charge in [-0.15, -0.1) is 0 Å². The second kappa shape index (κ2) is 19.2. The summed E-state index contributed by atoms with van der Waals surface area (Å²) >= 11 is 0. The molecule has 0 aromatic rings. The second-order valence-corrected chi connectivity index (χ2v) is 0. The van der Waals surface area contributed by atoms with Crippen molar-refractivity contribution >= 4 is 0 Å². The Morgan fingerprint density at radius 2 is 0.750 bits per heavy atom. The number of hydrogen-bond donors (Lipinski definition) is 0. The molecule has 0 aliphatic heterocycles. The van der Waals surface area contributed by atoms with Crippen LogP contribution >= 0.6 is 0 Å². The van der Waals surface area contributed by atoms with E-state index in [1.54, 1.807) is 0 Å². The van der Waals surface area contributed by atoms with Crippen LogP contribution in [0.4, 0.5) is 0 Å². The molecule has 0 aliphatic rings. The van der Waals surface area contributed by atoms with Crippen LogP contribution < -0.4 is 0 Å². The van der Waals surface area contributed by atoms with Gasteiger partial charge in [-0.05, 0) is 0 Å². The summed E-state index contributed by atoms with van der Waals surface area (Å²) < 4.78 is 0. The third-order valence-electron chi connectivity index (χ3n) is 0. The van der Waals surface area contributed by atoms with Gasteiger partial charge in [0.25, 0.3) is 0 Å². The first-order valence-corrected chi connectivity index (χ1v) is 0. The van der Waals surface area contributed by atoms with Crippen LogP contribution in [0.5, 0.6) is 0 Å². The summed E-state index contributed by atoms with van der Waals surface area (Å²) in [6, 6.07) is 0. The molecule has 0 rings (SSSR count). The van der Waals surface area contributed by atoms with E-state index in [1.807, 2.05) is 0 Å². The van der Waals surface area contributed by atoms with Gasteiger partial charge in [-0.2, -0.15) is 0 Å². The van der Waals surface area contributed by atoms with Crippen molar-refractivity contribution in [3.05, 3.63) is 0 Å². The van der Waals surface area contributed by atoms with Gasteiger partial charge < -0.3 is 0 Å². The van der Waals surface area contributed by atoms with Crippen molar-refractivity contribution in [1.29, 1.82) is 0 Å². The van der Waals surface area contributed by atoms with E-state index < -0.39 is 0 Å². The standard InChI is InChI=1S/2Cu.Ni.Zn. The first-order valence-electron chi connectivity index (χ1n) is 0. The fourth-order valence-electron chi connectivity index (χ4n) is 0. The summed E-state index contributed by atoms with van der Waals surface area (Å²) in [7, 11) is 0. The van der Waals surface area contributed by atoms with Gasteiger partial charge in [0.2, 0.25) is 0 Å². The van der Waals surface area contributed by atoms with Crippen LogP contribution in [0.1, 0.15) is 0 Å². The molecule has 0 saturated carbocycles. The van der Waals surface area contributed by atoms with Crippen molar-refractivity contribution in [3.8, 4) is 0 Å². The van der Waals surface area contributed by atoms with Crippen LogP contribution in [-0.2, 0) is 70.1 Å². The third-order valence-corrected chi connectivity index (χ3v) is 0. The average molecular weight is 251 g/mol. The van der Waals surface area contributed by atoms with Gasteiger partial charge in [-0.3, -0.25) is 0 Å². The largest absolute Gasteiger partial charge is 0 e. The molecule has 0 atom stereocenters. The Kier molecular flexibility index (Phi) is 169. The second-order valence-electron chi connectivity index (χ2n) is 0. The number of rotatable bonds is 0. The van der Waals surface area contributed by atoms with Crippen LogP contribution in [0, 0.1) is 0 Å². The topological polar surface area (TPSA) is 0 Å². The molecule has 4 heavy (non-hydrogen) atoms. The van der Waals surface area contributed by atoms with Gasteiger partial charge in [0, 0.05) is 70.1 Å². The molecular formula is Cu2NiZn. The molecule has 2 radical (unpaired) electrons. The Morgan fingerprint density at radius 3 is 0.750 bits per heavy atom. The van der Waals surface area contributed by atoms with Crippen LogP contribution in [-0.4, -0.2) is 0 Å². The van der Waals surface area contributed by atoms with E-state index in [0.29, 0.717) is 0 Å². The van der Waals surface area contributed by atoms with Crippen LogP contribution in [0.25, 0.3) is 0 Å². The molecule has 4 heteroatoms. The van der Waals surface area contributed by atoms with Crippen molar-refractivity contribution < 1.29 is 70.1 Å². The smallest absolute Gasteiger partial charge is 0 e. The van der Waals surface area contributed by atoms with E-state index in [2.05, 4.69) is 0 Å². The zero-order valence-corrected chi connectivity index (χ0v) is 7.46. The van der Waals surface area contributed by atoms with Crippen molar-refractivity contribution in [2.75, 3.05) is 0 Å². The fraction of sp³-hybridized carbons (Fsp3) is 0. The molecule has 0 heterocycles. The van der Waals surface area contributed by atoms with Crippen LogP contribution in [0.2, 0.25) is 0 Å². The maximum absolute atomic E-state index is 0. The van der Waals surface area contributed by atoms with Crippen molar-refractivity contribution in [2.24, 2.45) is 0 Å². The summed E-state index contributed by atoms with van der Waals surface area (Å²) in [5.41, 5.74) is 0. The Hall–Kier alpha value is 2.16. The molecule has 0 fully saturated rings. The van der Waals surface area contributed by atoms with E-state index in [-0.39, 0.29) is 70.1 Å². The Morgan fingerprint density at radius 1 is 0.750 bits per heavy atom. The van der Waals surface area contributed by atoms with Gasteiger partial charge in [-0.25, -0.2) is 0 Å². The molecule has 0 amide bonds. The monoisotopic (exact) mass is 248 g/mol. The zero-order valence-electron chi connectivity index (χ0n) is 1.63. The number of hydrogen-bond acceptors (Lipinski definition) is 0. The van der Waals surface area contributed by atoms with Crippen molar-refractivity contribution in [1.82, 2.24) is 0 Å². The van der Waals surface area contributed by atoms with Gasteiger partial charge in [-0.1, -0.05) is 0 Å². The Bertz CT molecular complexity index is 6.00. The Labute approximate surface area is 69.5 Å². The predicted molar refractivity (Wildman–Crippen MR) is 0 cm³/mol. The molecule has 34 valence electrons. The fourth-order valence-corrected chi connectivity index (χ4v) is 0. The predicted octanol–water partition coefficient (Wildman–Crippen LogP) is -0.0100. The maximum Gasteiger partial charge on any atom is 0 e. The minimum absolute atomic E-state index is 0. The van der Waals surface area contributed by atoms with Crippen molar-refractivity contribution in [3.63, 3.8) is 0 Å². The van der Waals surface area contributed by atoms with Gasteiger partial charge in [0.1, 0.15) is 0 Å². The molecule has 0 spiro atoms. The third kappa shape index (κ3) is 8.91. The maximum atomic E-state index is 0. The molecule has 0 aliphatic carbocycles. The molecule has 0 aromatic carbocycles. The van der Waals surface area contributed by atoms with E-state index in [0.717, 1.165) is 0 Å². The van der Waals surface area contributed by atoms with Crippen LogP contribution in [0.3, 0.4) is 0 Å². The Balaban J connectivity index is 0. The summed E-state index contributed by atoms with van der Waals surface area (Å²) in [6.07, 6.45) is 0. The van der Waals surface area contributed by atoms with E-state index in [1.165, 1.54) is 0 Å². The summed E-state index contributed by atoms with van der Waals surface area (Å²) in [6.45, 7) is 0.